The van der Waals surface area contributed by atoms with E-state index in [4.69, 9.17) is 0 Å². The molecule has 3 heteroatoms. The van der Waals surface area contributed by atoms with E-state index in [0.717, 1.165) is 20.5 Å². The second kappa shape index (κ2) is 3.40. The van der Waals surface area contributed by atoms with E-state index in [-0.39, 0.29) is 0 Å². The van der Waals surface area contributed by atoms with Gasteiger partial charge in [0, 0.05) is 9.37 Å². The molecule has 0 aromatic heterocycles. The number of aryl methyl sites for hydroxylation is 1. The van der Waals surface area contributed by atoms with Crippen molar-refractivity contribution in [3.63, 3.8) is 0 Å². The van der Waals surface area contributed by atoms with Gasteiger partial charge in [0.2, 0.25) is 0 Å². The third kappa shape index (κ3) is 1.35. The maximum atomic E-state index is 9.70. The molecular formula is C11H11BrOS. The Morgan fingerprint density at radius 3 is 2.79 bits per heavy atom. The van der Waals surface area contributed by atoms with Crippen LogP contribution in [0, 0.1) is 13.8 Å². The van der Waals surface area contributed by atoms with E-state index < -0.39 is 5.44 Å². The number of halogens is 1. The van der Waals surface area contributed by atoms with Crippen molar-refractivity contribution in [1.29, 1.82) is 0 Å². The molecule has 0 saturated carbocycles. The average molecular weight is 271 g/mol. The summed E-state index contributed by atoms with van der Waals surface area (Å²) in [5, 5.41) is 9.70. The Kier molecular flexibility index (Phi) is 2.50. The molecule has 1 heterocycles. The lowest BCUT2D eigenvalue weighted by molar-refractivity contribution is 0.320. The molecule has 14 heavy (non-hydrogen) atoms. The fourth-order valence-electron chi connectivity index (χ4n) is 1.66. The van der Waals surface area contributed by atoms with E-state index >= 15 is 0 Å². The number of aliphatic hydroxyl groups is 1. The quantitative estimate of drug-likeness (QED) is 0.779. The molecule has 1 aromatic carbocycles. The second-order valence-corrected chi connectivity index (χ2v) is 5.44. The van der Waals surface area contributed by atoms with Gasteiger partial charge in [-0.1, -0.05) is 18.3 Å². The van der Waals surface area contributed by atoms with Crippen molar-refractivity contribution in [2.45, 2.75) is 24.2 Å². The zero-order chi connectivity index (χ0) is 10.5. The highest BCUT2D eigenvalue weighted by Gasteiger charge is 2.28. The minimum atomic E-state index is -0.484. The van der Waals surface area contributed by atoms with Crippen molar-refractivity contribution < 1.29 is 5.11 Å². The molecule has 0 radical (unpaired) electrons. The Bertz CT molecular complexity index is 426. The van der Waals surface area contributed by atoms with Crippen LogP contribution in [-0.4, -0.2) is 10.5 Å². The van der Waals surface area contributed by atoms with Crippen molar-refractivity contribution in [3.8, 4) is 0 Å². The van der Waals surface area contributed by atoms with E-state index in [2.05, 4.69) is 42.4 Å². The van der Waals surface area contributed by atoms with E-state index in [9.17, 15) is 5.11 Å². The van der Waals surface area contributed by atoms with Gasteiger partial charge in [-0.2, -0.15) is 0 Å². The second-order valence-electron chi connectivity index (χ2n) is 3.50. The number of hydrogen-bond donors (Lipinski definition) is 1. The first kappa shape index (κ1) is 10.3. The van der Waals surface area contributed by atoms with Crippen LogP contribution in [0.25, 0.3) is 5.57 Å². The van der Waals surface area contributed by atoms with Crippen LogP contribution in [0.15, 0.2) is 22.0 Å². The summed E-state index contributed by atoms with van der Waals surface area (Å²) in [6.07, 6.45) is 0. The van der Waals surface area contributed by atoms with Gasteiger partial charge < -0.3 is 5.11 Å². The minimum absolute atomic E-state index is 0.484. The standard InChI is InChI=1S/C11H11BrOS/c1-5-4-8(12)10-9(6(5)2)7(3)11(13)14-10/h4,11,13H,3H2,1-2H3. The number of rotatable bonds is 0. The molecule has 0 fully saturated rings. The van der Waals surface area contributed by atoms with Crippen LogP contribution in [0.5, 0.6) is 0 Å². The van der Waals surface area contributed by atoms with E-state index in [0.29, 0.717) is 0 Å². The summed E-state index contributed by atoms with van der Waals surface area (Å²) >= 11 is 4.97. The Morgan fingerprint density at radius 2 is 2.14 bits per heavy atom. The molecule has 1 unspecified atom stereocenters. The molecule has 1 aliphatic heterocycles. The molecule has 1 aliphatic rings. The van der Waals surface area contributed by atoms with Gasteiger partial charge in [-0.25, -0.2) is 0 Å². The lowest BCUT2D eigenvalue weighted by Crippen LogP contribution is -1.96. The SMILES string of the molecule is C=C1c2c(C)c(C)cc(Br)c2SC1O. The van der Waals surface area contributed by atoms with Crippen LogP contribution in [-0.2, 0) is 0 Å². The third-order valence-corrected chi connectivity index (χ3v) is 4.66. The molecule has 0 aliphatic carbocycles. The molecule has 1 nitrogen and oxygen atoms in total. The maximum Gasteiger partial charge on any atom is 0.129 e. The predicted octanol–water partition coefficient (Wildman–Crippen LogP) is 3.50. The van der Waals surface area contributed by atoms with Crippen molar-refractivity contribution >= 4 is 33.3 Å². The van der Waals surface area contributed by atoms with Crippen molar-refractivity contribution in [2.24, 2.45) is 0 Å². The molecule has 0 saturated heterocycles. The van der Waals surface area contributed by atoms with Gasteiger partial charge in [0.25, 0.3) is 0 Å². The normalized spacial score (nSPS) is 20.0. The van der Waals surface area contributed by atoms with Crippen molar-refractivity contribution in [3.05, 3.63) is 33.8 Å². The third-order valence-electron chi connectivity index (χ3n) is 2.60. The summed E-state index contributed by atoms with van der Waals surface area (Å²) in [7, 11) is 0. The minimum Gasteiger partial charge on any atom is -0.378 e. The molecule has 0 spiro atoms. The smallest absolute Gasteiger partial charge is 0.129 e. The van der Waals surface area contributed by atoms with Crippen LogP contribution in [0.2, 0.25) is 0 Å². The topological polar surface area (TPSA) is 20.2 Å². The fraction of sp³-hybridized carbons (Fsp3) is 0.273. The first-order chi connectivity index (χ1) is 6.52. The van der Waals surface area contributed by atoms with Gasteiger partial charge in [-0.15, -0.1) is 0 Å². The number of aliphatic hydroxyl groups excluding tert-OH is 1. The molecule has 1 aromatic rings. The van der Waals surface area contributed by atoms with Gasteiger partial charge in [-0.05, 0) is 58.1 Å². The van der Waals surface area contributed by atoms with Crippen molar-refractivity contribution in [2.75, 3.05) is 0 Å². The summed E-state index contributed by atoms with van der Waals surface area (Å²) in [4.78, 5) is 1.12. The monoisotopic (exact) mass is 270 g/mol. The van der Waals surface area contributed by atoms with Gasteiger partial charge in [0.05, 0.1) is 0 Å². The van der Waals surface area contributed by atoms with Crippen LogP contribution in [0.4, 0.5) is 0 Å². The van der Waals surface area contributed by atoms with Crippen LogP contribution < -0.4 is 0 Å². The summed E-state index contributed by atoms with van der Waals surface area (Å²) in [5.74, 6) is 0. The molecule has 2 rings (SSSR count). The van der Waals surface area contributed by atoms with Gasteiger partial charge >= 0.3 is 0 Å². The summed E-state index contributed by atoms with van der Waals surface area (Å²) in [6, 6.07) is 2.09. The lowest BCUT2D eigenvalue weighted by Gasteiger charge is -2.09. The number of fused-ring (bicyclic) bond motifs is 1. The largest absolute Gasteiger partial charge is 0.378 e. The highest BCUT2D eigenvalue weighted by atomic mass is 79.9. The van der Waals surface area contributed by atoms with Crippen LogP contribution in [0.1, 0.15) is 16.7 Å². The highest BCUT2D eigenvalue weighted by Crippen LogP contribution is 2.48. The van der Waals surface area contributed by atoms with Crippen molar-refractivity contribution in [1.82, 2.24) is 0 Å². The molecule has 1 N–H and O–H groups in total. The fourth-order valence-corrected chi connectivity index (χ4v) is 3.54. The van der Waals surface area contributed by atoms with Gasteiger partial charge in [-0.3, -0.25) is 0 Å². The zero-order valence-electron chi connectivity index (χ0n) is 8.10. The average Bonchev–Trinajstić information content (AvgIpc) is 2.41. The Hall–Kier alpha value is -0.250. The molecular weight excluding hydrogens is 260 g/mol. The number of thioether (sulfide) groups is 1. The molecule has 74 valence electrons. The van der Waals surface area contributed by atoms with E-state index in [1.807, 2.05) is 0 Å². The number of benzene rings is 1. The van der Waals surface area contributed by atoms with Gasteiger partial charge in [0.1, 0.15) is 5.44 Å². The van der Waals surface area contributed by atoms with Gasteiger partial charge in [0.15, 0.2) is 0 Å². The molecule has 0 bridgehead atoms. The van der Waals surface area contributed by atoms with Crippen LogP contribution in [0.3, 0.4) is 0 Å². The first-order valence-electron chi connectivity index (χ1n) is 4.36. The zero-order valence-corrected chi connectivity index (χ0v) is 10.5. The molecule has 1 atom stereocenters. The first-order valence-corrected chi connectivity index (χ1v) is 6.03. The predicted molar refractivity (Wildman–Crippen MR) is 64.5 cm³/mol. The van der Waals surface area contributed by atoms with E-state index in [1.165, 1.54) is 22.9 Å². The Balaban J connectivity index is 2.74. The molecule has 0 amide bonds. The Morgan fingerprint density at radius 1 is 1.50 bits per heavy atom. The van der Waals surface area contributed by atoms with Crippen LogP contribution >= 0.6 is 27.7 Å². The maximum absolute atomic E-state index is 9.70. The summed E-state index contributed by atoms with van der Waals surface area (Å²) in [6.45, 7) is 8.07. The van der Waals surface area contributed by atoms with E-state index in [1.54, 1.807) is 0 Å². The number of hydrogen-bond acceptors (Lipinski definition) is 2. The lowest BCUT2D eigenvalue weighted by atomic mass is 9.98. The summed E-state index contributed by atoms with van der Waals surface area (Å²) < 4.78 is 1.05. The summed E-state index contributed by atoms with van der Waals surface area (Å²) in [5.41, 5.74) is 3.91. The highest BCUT2D eigenvalue weighted by molar-refractivity contribution is 9.10. The Labute approximate surface area is 96.3 Å².